The zero-order chi connectivity index (χ0) is 43.3. The number of esters is 3. The van der Waals surface area contributed by atoms with Crippen LogP contribution in [0, 0.1) is 11.8 Å². The first kappa shape index (κ1) is 57.4. The molecular formula is C53H102O6. The molecule has 0 aromatic heterocycles. The first-order valence-electron chi connectivity index (χ1n) is 26.3. The molecule has 6 nitrogen and oxygen atoms in total. The summed E-state index contributed by atoms with van der Waals surface area (Å²) in [6, 6.07) is 0. The molecule has 0 saturated carbocycles. The quantitative estimate of drug-likeness (QED) is 0.0345. The molecule has 59 heavy (non-hydrogen) atoms. The first-order valence-corrected chi connectivity index (χ1v) is 26.3. The van der Waals surface area contributed by atoms with Crippen molar-refractivity contribution in [1.82, 2.24) is 0 Å². The van der Waals surface area contributed by atoms with Crippen molar-refractivity contribution in [3.8, 4) is 0 Å². The highest BCUT2D eigenvalue weighted by molar-refractivity contribution is 5.71. The lowest BCUT2D eigenvalue weighted by Crippen LogP contribution is -2.30. The lowest BCUT2D eigenvalue weighted by Gasteiger charge is -2.18. The summed E-state index contributed by atoms with van der Waals surface area (Å²) in [4.78, 5) is 37.9. The van der Waals surface area contributed by atoms with Gasteiger partial charge in [-0.15, -0.1) is 0 Å². The van der Waals surface area contributed by atoms with Crippen LogP contribution in [-0.4, -0.2) is 37.2 Å². The van der Waals surface area contributed by atoms with E-state index in [9.17, 15) is 14.4 Å². The third-order valence-corrected chi connectivity index (χ3v) is 12.3. The van der Waals surface area contributed by atoms with Gasteiger partial charge in [0.15, 0.2) is 6.10 Å². The maximum absolute atomic E-state index is 12.8. The maximum Gasteiger partial charge on any atom is 0.306 e. The Morgan fingerprint density at radius 2 is 0.644 bits per heavy atom. The Morgan fingerprint density at radius 3 is 0.966 bits per heavy atom. The molecule has 2 atom stereocenters. The van der Waals surface area contributed by atoms with Gasteiger partial charge >= 0.3 is 17.9 Å². The molecule has 350 valence electrons. The van der Waals surface area contributed by atoms with Gasteiger partial charge in [-0.1, -0.05) is 253 Å². The van der Waals surface area contributed by atoms with Gasteiger partial charge in [-0.2, -0.15) is 0 Å². The van der Waals surface area contributed by atoms with Crippen molar-refractivity contribution in [1.29, 1.82) is 0 Å². The normalized spacial score (nSPS) is 12.5. The van der Waals surface area contributed by atoms with Crippen LogP contribution in [0.5, 0.6) is 0 Å². The monoisotopic (exact) mass is 835 g/mol. The number of ether oxygens (including phenoxy) is 3. The van der Waals surface area contributed by atoms with Gasteiger partial charge in [0, 0.05) is 19.3 Å². The molecular weight excluding hydrogens is 733 g/mol. The predicted molar refractivity (Wildman–Crippen MR) is 252 cm³/mol. The largest absolute Gasteiger partial charge is 0.462 e. The Morgan fingerprint density at radius 1 is 0.356 bits per heavy atom. The van der Waals surface area contributed by atoms with Crippen molar-refractivity contribution in [3.05, 3.63) is 0 Å². The second-order valence-electron chi connectivity index (χ2n) is 18.9. The summed E-state index contributed by atoms with van der Waals surface area (Å²) in [7, 11) is 0. The molecule has 0 aliphatic heterocycles. The van der Waals surface area contributed by atoms with Crippen molar-refractivity contribution in [2.24, 2.45) is 11.8 Å². The van der Waals surface area contributed by atoms with Crippen LogP contribution in [0.15, 0.2) is 0 Å². The summed E-state index contributed by atoms with van der Waals surface area (Å²) >= 11 is 0. The molecule has 0 aromatic rings. The van der Waals surface area contributed by atoms with Gasteiger partial charge in [-0.3, -0.25) is 14.4 Å². The van der Waals surface area contributed by atoms with Crippen LogP contribution in [0.25, 0.3) is 0 Å². The van der Waals surface area contributed by atoms with E-state index in [0.29, 0.717) is 19.3 Å². The molecule has 0 heterocycles. The Hall–Kier alpha value is -1.59. The van der Waals surface area contributed by atoms with E-state index in [4.69, 9.17) is 14.2 Å². The van der Waals surface area contributed by atoms with Gasteiger partial charge < -0.3 is 14.2 Å². The lowest BCUT2D eigenvalue weighted by atomic mass is 9.99. The minimum Gasteiger partial charge on any atom is -0.462 e. The summed E-state index contributed by atoms with van der Waals surface area (Å²) in [6.07, 6.45) is 46.5. The lowest BCUT2D eigenvalue weighted by molar-refractivity contribution is -0.167. The van der Waals surface area contributed by atoms with Crippen molar-refractivity contribution < 1.29 is 28.6 Å². The van der Waals surface area contributed by atoms with Gasteiger partial charge in [0.05, 0.1) is 0 Å². The van der Waals surface area contributed by atoms with Crippen LogP contribution in [0.3, 0.4) is 0 Å². The van der Waals surface area contributed by atoms with Crippen molar-refractivity contribution >= 4 is 17.9 Å². The second-order valence-corrected chi connectivity index (χ2v) is 18.9. The highest BCUT2D eigenvalue weighted by atomic mass is 16.6. The smallest absolute Gasteiger partial charge is 0.306 e. The van der Waals surface area contributed by atoms with Crippen molar-refractivity contribution in [2.45, 2.75) is 298 Å². The third kappa shape index (κ3) is 45.8. The van der Waals surface area contributed by atoms with Crippen LogP contribution in [0.1, 0.15) is 291 Å². The zero-order valence-corrected chi connectivity index (χ0v) is 40.4. The topological polar surface area (TPSA) is 78.9 Å². The van der Waals surface area contributed by atoms with E-state index in [2.05, 4.69) is 34.6 Å². The van der Waals surface area contributed by atoms with Gasteiger partial charge in [0.25, 0.3) is 0 Å². The first-order chi connectivity index (χ1) is 28.8. The molecule has 0 aliphatic carbocycles. The summed E-state index contributed by atoms with van der Waals surface area (Å²) in [5.41, 5.74) is 0. The fourth-order valence-corrected chi connectivity index (χ4v) is 7.96. The highest BCUT2D eigenvalue weighted by Gasteiger charge is 2.19. The van der Waals surface area contributed by atoms with E-state index in [-0.39, 0.29) is 31.1 Å². The Bertz CT molecular complexity index is 902. The third-order valence-electron chi connectivity index (χ3n) is 12.3. The highest BCUT2D eigenvalue weighted by Crippen LogP contribution is 2.18. The molecule has 0 aromatic carbocycles. The van der Waals surface area contributed by atoms with Crippen LogP contribution in [0.2, 0.25) is 0 Å². The Labute approximate surface area is 368 Å². The molecule has 0 amide bonds. The summed E-state index contributed by atoms with van der Waals surface area (Å²) < 4.78 is 16.8. The van der Waals surface area contributed by atoms with Crippen LogP contribution in [0.4, 0.5) is 0 Å². The molecule has 1 unspecified atom stereocenters. The van der Waals surface area contributed by atoms with Gasteiger partial charge in [0.1, 0.15) is 13.2 Å². The standard InChI is InChI=1S/C53H102O6/c1-6-8-9-10-11-12-17-23-28-33-38-43-51(54)57-46-50(47-58-52(55)44-39-34-29-25-20-21-26-31-36-41-48(3)4)59-53(56)45-40-35-30-24-19-16-14-13-15-18-22-27-32-37-42-49(5)7-2/h48-50H,6-47H2,1-5H3/t49?,50-/m0/s1. The van der Waals surface area contributed by atoms with Crippen LogP contribution < -0.4 is 0 Å². The summed E-state index contributed by atoms with van der Waals surface area (Å²) in [5.74, 6) is 0.854. The second kappa shape index (κ2) is 45.9. The van der Waals surface area contributed by atoms with Gasteiger partial charge in [0.2, 0.25) is 0 Å². The average Bonchev–Trinajstić information content (AvgIpc) is 3.22. The van der Waals surface area contributed by atoms with Crippen LogP contribution in [-0.2, 0) is 28.6 Å². The number of rotatable bonds is 47. The number of carbonyl (C=O) groups excluding carboxylic acids is 3. The molecule has 0 aliphatic rings. The number of hydrogen-bond donors (Lipinski definition) is 0. The van der Waals surface area contributed by atoms with E-state index < -0.39 is 6.10 Å². The molecule has 0 N–H and O–H groups in total. The molecule has 6 heteroatoms. The molecule has 0 fully saturated rings. The molecule has 0 radical (unpaired) electrons. The summed E-state index contributed by atoms with van der Waals surface area (Å²) in [5, 5.41) is 0. The SMILES string of the molecule is CCCCCCCCCCCCCC(=O)OC[C@@H](COC(=O)CCCCCCCCCCCC(C)C)OC(=O)CCCCCCCCCCCCCCCCC(C)CC. The van der Waals surface area contributed by atoms with Crippen LogP contribution >= 0.6 is 0 Å². The average molecular weight is 835 g/mol. The van der Waals surface area contributed by atoms with E-state index >= 15 is 0 Å². The van der Waals surface area contributed by atoms with E-state index in [1.807, 2.05) is 0 Å². The molecule has 0 saturated heterocycles. The van der Waals surface area contributed by atoms with Gasteiger partial charge in [-0.05, 0) is 31.1 Å². The minimum atomic E-state index is -0.761. The fourth-order valence-electron chi connectivity index (χ4n) is 7.96. The molecule has 0 bridgehead atoms. The number of unbranched alkanes of at least 4 members (excludes halogenated alkanes) is 31. The number of hydrogen-bond acceptors (Lipinski definition) is 6. The Kier molecular flexibility index (Phi) is 44.7. The predicted octanol–water partition coefficient (Wildman–Crippen LogP) is 16.9. The molecule has 0 rings (SSSR count). The minimum absolute atomic E-state index is 0.0637. The fraction of sp³-hybridized carbons (Fsp3) is 0.943. The van der Waals surface area contributed by atoms with Crippen molar-refractivity contribution in [2.75, 3.05) is 13.2 Å². The van der Waals surface area contributed by atoms with E-state index in [0.717, 1.165) is 69.6 Å². The maximum atomic E-state index is 12.8. The zero-order valence-electron chi connectivity index (χ0n) is 40.4. The van der Waals surface area contributed by atoms with E-state index in [1.165, 1.54) is 180 Å². The number of carbonyl (C=O) groups is 3. The van der Waals surface area contributed by atoms with E-state index in [1.54, 1.807) is 0 Å². The van der Waals surface area contributed by atoms with Crippen molar-refractivity contribution in [3.63, 3.8) is 0 Å². The Balaban J connectivity index is 4.29. The summed E-state index contributed by atoms with van der Waals surface area (Å²) in [6.45, 7) is 11.4. The molecule has 0 spiro atoms. The van der Waals surface area contributed by atoms with Gasteiger partial charge in [-0.25, -0.2) is 0 Å².